The molecule has 30 heavy (non-hydrogen) atoms. The van der Waals surface area contributed by atoms with E-state index in [0.717, 1.165) is 11.8 Å². The summed E-state index contributed by atoms with van der Waals surface area (Å²) in [5, 5.41) is 2.96. The highest BCUT2D eigenvalue weighted by Crippen LogP contribution is 2.21. The van der Waals surface area contributed by atoms with E-state index in [4.69, 9.17) is 16.2 Å². The first kappa shape index (κ1) is 20.8. The van der Waals surface area contributed by atoms with E-state index in [1.54, 1.807) is 43.4 Å². The van der Waals surface area contributed by atoms with Gasteiger partial charge in [0.15, 0.2) is 0 Å². The van der Waals surface area contributed by atoms with Crippen LogP contribution in [0.4, 0.5) is 20.2 Å². The van der Waals surface area contributed by atoms with Crippen molar-refractivity contribution in [3.8, 4) is 5.75 Å². The summed E-state index contributed by atoms with van der Waals surface area (Å²) in [5.41, 5.74) is 14.1. The molecular formula is C22H20F2N4O2. The number of nitrogens with one attached hydrogen (secondary N) is 1. The number of halogens is 2. The van der Waals surface area contributed by atoms with Gasteiger partial charge >= 0.3 is 0 Å². The van der Waals surface area contributed by atoms with Crippen molar-refractivity contribution in [2.24, 2.45) is 10.7 Å². The standard InChI is InChI=1S/C22H20F2N4O2/c1-27-17-4-2-14(3-5-17)22(29)28-21(26)19-11-18(6-7-20(19)25)30-12-13-8-15(23)10-16(24)9-13/h2-11,27H,12,25H2,1H3,(H2,26,28,29). The number of nitrogens with two attached hydrogens (primary N) is 2. The van der Waals surface area contributed by atoms with Gasteiger partial charge in [0.1, 0.15) is 29.8 Å². The Morgan fingerprint density at radius 2 is 1.70 bits per heavy atom. The molecule has 0 saturated carbocycles. The molecule has 3 aromatic carbocycles. The van der Waals surface area contributed by atoms with Crippen molar-refractivity contribution in [3.05, 3.63) is 89.0 Å². The quantitative estimate of drug-likeness (QED) is 0.327. The van der Waals surface area contributed by atoms with Gasteiger partial charge in [0.25, 0.3) is 5.91 Å². The van der Waals surface area contributed by atoms with E-state index in [-0.39, 0.29) is 12.4 Å². The van der Waals surface area contributed by atoms with Gasteiger partial charge < -0.3 is 21.5 Å². The Morgan fingerprint density at radius 3 is 2.33 bits per heavy atom. The highest BCUT2D eigenvalue weighted by molar-refractivity contribution is 6.11. The lowest BCUT2D eigenvalue weighted by molar-refractivity contribution is 0.100. The Balaban J connectivity index is 1.77. The molecule has 0 bridgehead atoms. The molecule has 0 atom stereocenters. The average molecular weight is 410 g/mol. The number of aliphatic imine (C=N–C) groups is 1. The fraction of sp³-hybridized carbons (Fsp3) is 0.0909. The van der Waals surface area contributed by atoms with Gasteiger partial charge in [0, 0.05) is 35.6 Å². The van der Waals surface area contributed by atoms with Gasteiger partial charge in [-0.1, -0.05) is 0 Å². The third kappa shape index (κ3) is 5.11. The minimum Gasteiger partial charge on any atom is -0.489 e. The van der Waals surface area contributed by atoms with Crippen LogP contribution in [0.15, 0.2) is 65.7 Å². The summed E-state index contributed by atoms with van der Waals surface area (Å²) in [7, 11) is 1.77. The van der Waals surface area contributed by atoms with E-state index in [0.29, 0.717) is 28.1 Å². The Kier molecular flexibility index (Phi) is 6.26. The summed E-state index contributed by atoms with van der Waals surface area (Å²) >= 11 is 0. The van der Waals surface area contributed by atoms with Gasteiger partial charge in [-0.3, -0.25) is 4.79 Å². The zero-order valence-electron chi connectivity index (χ0n) is 16.2. The Morgan fingerprint density at radius 1 is 1.03 bits per heavy atom. The number of amides is 1. The topological polar surface area (TPSA) is 103 Å². The van der Waals surface area contributed by atoms with Gasteiger partial charge in [0.05, 0.1) is 0 Å². The Bertz CT molecular complexity index is 1080. The molecule has 5 N–H and O–H groups in total. The number of hydrogen-bond donors (Lipinski definition) is 3. The molecule has 154 valence electrons. The van der Waals surface area contributed by atoms with Gasteiger partial charge in [-0.15, -0.1) is 0 Å². The maximum absolute atomic E-state index is 13.3. The predicted octanol–water partition coefficient (Wildman–Crippen LogP) is 3.71. The number of nitrogens with zero attached hydrogens (tertiary/aromatic N) is 1. The van der Waals surface area contributed by atoms with Crippen LogP contribution in [0.1, 0.15) is 21.5 Å². The zero-order valence-corrected chi connectivity index (χ0v) is 16.2. The second-order valence-electron chi connectivity index (χ2n) is 6.44. The van der Waals surface area contributed by atoms with E-state index < -0.39 is 17.5 Å². The third-order valence-electron chi connectivity index (χ3n) is 4.27. The molecule has 3 aromatic rings. The first-order valence-electron chi connectivity index (χ1n) is 8.99. The first-order chi connectivity index (χ1) is 14.4. The van der Waals surface area contributed by atoms with Crippen LogP contribution in [0.2, 0.25) is 0 Å². The molecule has 0 aliphatic carbocycles. The van der Waals surface area contributed by atoms with E-state index >= 15 is 0 Å². The summed E-state index contributed by atoms with van der Waals surface area (Å²) in [6.07, 6.45) is 0. The number of nitrogen functional groups attached to an aromatic ring is 1. The van der Waals surface area contributed by atoms with Crippen LogP contribution in [0.5, 0.6) is 5.75 Å². The molecule has 0 spiro atoms. The summed E-state index contributed by atoms with van der Waals surface area (Å²) in [5.74, 6) is -1.62. The molecule has 0 unspecified atom stereocenters. The molecule has 0 aliphatic heterocycles. The van der Waals surface area contributed by atoms with Crippen LogP contribution in [0.3, 0.4) is 0 Å². The normalized spacial score (nSPS) is 11.2. The van der Waals surface area contributed by atoms with Gasteiger partial charge in [-0.05, 0) is 60.2 Å². The van der Waals surface area contributed by atoms with E-state index in [9.17, 15) is 13.6 Å². The first-order valence-corrected chi connectivity index (χ1v) is 8.99. The number of hydrogen-bond acceptors (Lipinski definition) is 4. The van der Waals surface area contributed by atoms with Gasteiger partial charge in [-0.25, -0.2) is 8.78 Å². The molecule has 1 amide bonds. The van der Waals surface area contributed by atoms with E-state index in [1.807, 2.05) is 0 Å². The monoisotopic (exact) mass is 410 g/mol. The number of rotatable bonds is 6. The molecular weight excluding hydrogens is 390 g/mol. The van der Waals surface area contributed by atoms with Crippen LogP contribution in [-0.2, 0) is 6.61 Å². The molecule has 6 nitrogen and oxygen atoms in total. The maximum atomic E-state index is 13.3. The van der Waals surface area contributed by atoms with Crippen LogP contribution >= 0.6 is 0 Å². The van der Waals surface area contributed by atoms with E-state index in [1.165, 1.54) is 18.2 Å². The zero-order chi connectivity index (χ0) is 21.7. The van der Waals surface area contributed by atoms with Crippen LogP contribution in [0, 0.1) is 11.6 Å². The van der Waals surface area contributed by atoms with Crippen molar-refractivity contribution >= 4 is 23.1 Å². The lowest BCUT2D eigenvalue weighted by Gasteiger charge is -2.10. The molecule has 8 heteroatoms. The van der Waals surface area contributed by atoms with Gasteiger partial charge in [0.2, 0.25) is 0 Å². The minimum atomic E-state index is -0.691. The van der Waals surface area contributed by atoms with E-state index in [2.05, 4.69) is 10.3 Å². The molecule has 0 aromatic heterocycles. The summed E-state index contributed by atoms with van der Waals surface area (Å²) in [6, 6.07) is 14.5. The third-order valence-corrected chi connectivity index (χ3v) is 4.27. The molecule has 0 heterocycles. The van der Waals surface area contributed by atoms with Crippen LogP contribution < -0.4 is 21.5 Å². The average Bonchev–Trinajstić information content (AvgIpc) is 2.72. The number of ether oxygens (including phenoxy) is 1. The van der Waals surface area contributed by atoms with Crippen molar-refractivity contribution in [2.75, 3.05) is 18.1 Å². The minimum absolute atomic E-state index is 0.0637. The summed E-state index contributed by atoms with van der Waals surface area (Å²) < 4.78 is 32.2. The Hall–Kier alpha value is -3.94. The van der Waals surface area contributed by atoms with Crippen molar-refractivity contribution in [3.63, 3.8) is 0 Å². The smallest absolute Gasteiger partial charge is 0.278 e. The summed E-state index contributed by atoms with van der Waals surface area (Å²) in [4.78, 5) is 16.3. The van der Waals surface area contributed by atoms with Crippen molar-refractivity contribution in [1.82, 2.24) is 0 Å². The second kappa shape index (κ2) is 9.04. The van der Waals surface area contributed by atoms with Crippen molar-refractivity contribution in [1.29, 1.82) is 0 Å². The fourth-order valence-electron chi connectivity index (χ4n) is 2.72. The molecule has 3 rings (SSSR count). The molecule has 0 fully saturated rings. The highest BCUT2D eigenvalue weighted by atomic mass is 19.1. The van der Waals surface area contributed by atoms with Gasteiger partial charge in [-0.2, -0.15) is 4.99 Å². The highest BCUT2D eigenvalue weighted by Gasteiger charge is 2.11. The van der Waals surface area contributed by atoms with Crippen LogP contribution in [0.25, 0.3) is 0 Å². The largest absolute Gasteiger partial charge is 0.489 e. The number of carbonyl (C=O) groups excluding carboxylic acids is 1. The number of amidine groups is 1. The SMILES string of the molecule is CNc1ccc(C(=O)N=C(N)c2cc(OCc3cc(F)cc(F)c3)ccc2N)cc1. The fourth-order valence-corrected chi connectivity index (χ4v) is 2.72. The molecule has 0 aliphatic rings. The lowest BCUT2D eigenvalue weighted by atomic mass is 10.1. The number of benzene rings is 3. The summed E-state index contributed by atoms with van der Waals surface area (Å²) in [6.45, 7) is -0.0637. The van der Waals surface area contributed by atoms with Crippen molar-refractivity contribution < 1.29 is 18.3 Å². The maximum Gasteiger partial charge on any atom is 0.278 e. The predicted molar refractivity (Wildman–Crippen MR) is 113 cm³/mol. The molecule has 0 saturated heterocycles. The lowest BCUT2D eigenvalue weighted by Crippen LogP contribution is -2.18. The van der Waals surface area contributed by atoms with Crippen LogP contribution in [-0.4, -0.2) is 18.8 Å². The Labute approximate surface area is 172 Å². The molecule has 0 radical (unpaired) electrons. The van der Waals surface area contributed by atoms with Crippen molar-refractivity contribution in [2.45, 2.75) is 6.61 Å². The number of anilines is 2. The number of carbonyl (C=O) groups is 1. The second-order valence-corrected chi connectivity index (χ2v) is 6.44.